The maximum atomic E-state index is 13.3. The Morgan fingerprint density at radius 3 is 2.31 bits per heavy atom. The van der Waals surface area contributed by atoms with Crippen LogP contribution in [0, 0.1) is 11.8 Å². The molecule has 0 bridgehead atoms. The number of unbranched alkanes of at least 4 members (excludes halogenated alkanes) is 2. The molecule has 2 heterocycles. The molecule has 334 valence electrons. The van der Waals surface area contributed by atoms with E-state index in [1.807, 2.05) is 26.8 Å². The topological polar surface area (TPSA) is 164 Å². The smallest absolute Gasteiger partial charge is 0.332 e. The molecule has 61 heavy (non-hydrogen) atoms. The van der Waals surface area contributed by atoms with Gasteiger partial charge in [-0.3, -0.25) is 19.2 Å². The number of esters is 3. The molecule has 1 saturated heterocycles. The SMILES string of the molecule is CCCCCC1C(=O)OC(C)C(NC(=O)c2cccc(NC=O)c2O)C(=O)OC(C)C1OC(=O)CC(C)C.CN(C)CCCN1c2ccccc2CCc2ccc(Cl)cc21.Cl. The molecule has 0 aromatic heterocycles. The van der Waals surface area contributed by atoms with Gasteiger partial charge in [0.2, 0.25) is 6.41 Å². The Labute approximate surface area is 371 Å². The maximum absolute atomic E-state index is 13.3. The highest BCUT2D eigenvalue weighted by atomic mass is 35.5. The van der Waals surface area contributed by atoms with Crippen molar-refractivity contribution in [3.05, 3.63) is 82.4 Å². The summed E-state index contributed by atoms with van der Waals surface area (Å²) < 4.78 is 16.9. The van der Waals surface area contributed by atoms with Gasteiger partial charge in [0.15, 0.2) is 17.9 Å². The summed E-state index contributed by atoms with van der Waals surface area (Å²) >= 11 is 6.27. The standard InChI is InChI=1S/C27H38N2O9.C19H23ClN2.ClH/c1-6-7-8-10-19-24(38-21(31)13-15(2)3)17(5)37-27(35)22(16(4)36-26(19)34)29-25(33)18-11-9-12-20(23(18)32)28-14-30;1-21(2)12-5-13-22-18-7-4-3-6-15(18)8-9-16-10-11-17(20)14-19(16)22;/h9,11-12,14-17,19,22,24,32H,6-8,10,13H2,1-5H3,(H,28,30)(H,29,33);3-4,6-7,10-11,14H,5,8-9,12-13H2,1-2H3;1H. The third-order valence-corrected chi connectivity index (χ3v) is 10.7. The number of halogens is 2. The lowest BCUT2D eigenvalue weighted by molar-refractivity contribution is -0.175. The van der Waals surface area contributed by atoms with Crippen molar-refractivity contribution >= 4 is 71.3 Å². The van der Waals surface area contributed by atoms with Gasteiger partial charge in [0.1, 0.15) is 12.2 Å². The predicted molar refractivity (Wildman–Crippen MR) is 240 cm³/mol. The molecule has 0 radical (unpaired) electrons. The molecular weight excluding hydrogens is 823 g/mol. The number of ether oxygens (including phenoxy) is 3. The number of aryl methyl sites for hydroxylation is 2. The second kappa shape index (κ2) is 24.6. The predicted octanol–water partition coefficient (Wildman–Crippen LogP) is 8.04. The Morgan fingerprint density at radius 2 is 1.64 bits per heavy atom. The molecular formula is C46H62Cl2N4O9. The van der Waals surface area contributed by atoms with Gasteiger partial charge in [-0.05, 0) is 108 Å². The van der Waals surface area contributed by atoms with Crippen LogP contribution in [-0.4, -0.2) is 91.8 Å². The van der Waals surface area contributed by atoms with E-state index in [2.05, 4.69) is 70.9 Å². The largest absolute Gasteiger partial charge is 0.505 e. The number of phenols is 1. The fraction of sp³-hybridized carbons (Fsp3) is 0.500. The van der Waals surface area contributed by atoms with Crippen molar-refractivity contribution in [3.63, 3.8) is 0 Å². The summed E-state index contributed by atoms with van der Waals surface area (Å²) in [6, 6.07) is 17.8. The van der Waals surface area contributed by atoms with E-state index in [4.69, 9.17) is 25.8 Å². The fourth-order valence-corrected chi connectivity index (χ4v) is 7.56. The highest BCUT2D eigenvalue weighted by Crippen LogP contribution is 2.37. The number of para-hydroxylation sites is 2. The molecule has 2 aliphatic heterocycles. The molecule has 2 amide bonds. The van der Waals surface area contributed by atoms with Crippen LogP contribution in [0.3, 0.4) is 0 Å². The third-order valence-electron chi connectivity index (χ3n) is 10.5. The van der Waals surface area contributed by atoms with Crippen molar-refractivity contribution in [1.29, 1.82) is 0 Å². The number of carbonyl (C=O) groups is 5. The van der Waals surface area contributed by atoms with Crippen LogP contribution in [-0.2, 0) is 46.2 Å². The fourth-order valence-electron chi connectivity index (χ4n) is 7.39. The zero-order chi connectivity index (χ0) is 43.9. The van der Waals surface area contributed by atoms with Gasteiger partial charge in [-0.25, -0.2) is 4.79 Å². The van der Waals surface area contributed by atoms with Crippen LogP contribution in [0.2, 0.25) is 5.02 Å². The number of benzene rings is 3. The van der Waals surface area contributed by atoms with E-state index in [9.17, 15) is 29.1 Å². The van der Waals surface area contributed by atoms with Crippen molar-refractivity contribution in [2.75, 3.05) is 37.4 Å². The quantitative estimate of drug-likeness (QED) is 0.0445. The lowest BCUT2D eigenvalue weighted by Gasteiger charge is -2.29. The zero-order valence-corrected chi connectivity index (χ0v) is 37.9. The summed E-state index contributed by atoms with van der Waals surface area (Å²) in [5.74, 6) is -4.27. The minimum atomic E-state index is -1.42. The van der Waals surface area contributed by atoms with Crippen LogP contribution in [0.5, 0.6) is 5.75 Å². The number of aromatic hydroxyl groups is 1. The van der Waals surface area contributed by atoms with E-state index >= 15 is 0 Å². The van der Waals surface area contributed by atoms with Crippen molar-refractivity contribution < 1.29 is 43.3 Å². The van der Waals surface area contributed by atoms with Crippen LogP contribution in [0.1, 0.15) is 94.6 Å². The molecule has 3 aromatic rings. The Hall–Kier alpha value is -4.85. The van der Waals surface area contributed by atoms with Crippen LogP contribution in [0.4, 0.5) is 17.1 Å². The Bertz CT molecular complexity index is 1940. The Balaban J connectivity index is 0.000000364. The highest BCUT2D eigenvalue weighted by molar-refractivity contribution is 6.31. The molecule has 0 saturated carbocycles. The summed E-state index contributed by atoms with van der Waals surface area (Å²) in [6.07, 6.45) is 3.37. The number of fused-ring (bicyclic) bond motifs is 2. The van der Waals surface area contributed by atoms with Gasteiger partial charge in [-0.15, -0.1) is 12.4 Å². The first kappa shape index (κ1) is 50.5. The van der Waals surface area contributed by atoms with Gasteiger partial charge in [0, 0.05) is 29.4 Å². The zero-order valence-electron chi connectivity index (χ0n) is 36.3. The molecule has 3 aromatic carbocycles. The normalized spacial score (nSPS) is 19.8. The molecule has 5 rings (SSSR count). The summed E-state index contributed by atoms with van der Waals surface area (Å²) in [5, 5.41) is 15.9. The monoisotopic (exact) mass is 884 g/mol. The summed E-state index contributed by atoms with van der Waals surface area (Å²) in [5.41, 5.74) is 5.22. The van der Waals surface area contributed by atoms with Gasteiger partial charge in [0.25, 0.3) is 5.91 Å². The number of rotatable bonds is 15. The molecule has 2 aliphatic rings. The second-order valence-corrected chi connectivity index (χ2v) is 16.5. The Morgan fingerprint density at radius 1 is 0.951 bits per heavy atom. The second-order valence-electron chi connectivity index (χ2n) is 16.1. The highest BCUT2D eigenvalue weighted by Gasteiger charge is 2.44. The lowest BCUT2D eigenvalue weighted by Crippen LogP contribution is -2.50. The van der Waals surface area contributed by atoms with Crippen LogP contribution >= 0.6 is 24.0 Å². The van der Waals surface area contributed by atoms with Crippen molar-refractivity contribution in [1.82, 2.24) is 10.2 Å². The number of amides is 2. The van der Waals surface area contributed by atoms with E-state index in [0.29, 0.717) is 19.3 Å². The number of phenolic OH excluding ortho intramolecular Hbond substituents is 1. The summed E-state index contributed by atoms with van der Waals surface area (Å²) in [7, 11) is 4.25. The molecule has 3 N–H and O–H groups in total. The van der Waals surface area contributed by atoms with Crippen LogP contribution in [0.25, 0.3) is 0 Å². The van der Waals surface area contributed by atoms with E-state index < -0.39 is 59.8 Å². The maximum Gasteiger partial charge on any atom is 0.332 e. The third kappa shape index (κ3) is 14.4. The molecule has 5 unspecified atom stereocenters. The lowest BCUT2D eigenvalue weighted by atomic mass is 9.92. The van der Waals surface area contributed by atoms with Gasteiger partial charge in [-0.1, -0.05) is 82.0 Å². The molecule has 5 atom stereocenters. The number of nitrogens with one attached hydrogen (secondary N) is 2. The average molecular weight is 886 g/mol. The molecule has 13 nitrogen and oxygen atoms in total. The number of cyclic esters (lactones) is 2. The van der Waals surface area contributed by atoms with Crippen molar-refractivity contribution in [2.45, 2.75) is 110 Å². The van der Waals surface area contributed by atoms with Gasteiger partial charge in [0.05, 0.1) is 17.2 Å². The number of hydrogen-bond acceptors (Lipinski definition) is 11. The molecule has 0 spiro atoms. The van der Waals surface area contributed by atoms with Gasteiger partial charge in [-0.2, -0.15) is 0 Å². The minimum absolute atomic E-state index is 0. The first-order chi connectivity index (χ1) is 28.6. The number of nitrogens with zero attached hydrogens (tertiary/aromatic N) is 2. The van der Waals surface area contributed by atoms with Crippen molar-refractivity contribution in [2.24, 2.45) is 11.8 Å². The number of hydrogen-bond donors (Lipinski definition) is 3. The molecule has 15 heteroatoms. The first-order valence-corrected chi connectivity index (χ1v) is 21.2. The minimum Gasteiger partial charge on any atom is -0.505 e. The summed E-state index contributed by atoms with van der Waals surface area (Å²) in [6.45, 7) is 10.8. The first-order valence-electron chi connectivity index (χ1n) is 20.9. The van der Waals surface area contributed by atoms with Gasteiger partial charge < -0.3 is 39.8 Å². The van der Waals surface area contributed by atoms with Crippen molar-refractivity contribution in [3.8, 4) is 5.75 Å². The number of carbonyl (C=O) groups excluding carboxylic acids is 5. The molecule has 0 aliphatic carbocycles. The van der Waals surface area contributed by atoms with Gasteiger partial charge >= 0.3 is 17.9 Å². The van der Waals surface area contributed by atoms with E-state index in [1.165, 1.54) is 54.5 Å². The van der Waals surface area contributed by atoms with E-state index in [1.54, 1.807) is 0 Å². The average Bonchev–Trinajstić information content (AvgIpc) is 3.33. The molecule has 1 fully saturated rings. The van der Waals surface area contributed by atoms with Crippen LogP contribution < -0.4 is 15.5 Å². The number of anilines is 3. The van der Waals surface area contributed by atoms with E-state index in [-0.39, 0.29) is 36.0 Å². The summed E-state index contributed by atoms with van der Waals surface area (Å²) in [4.78, 5) is 67.4. The van der Waals surface area contributed by atoms with E-state index in [0.717, 1.165) is 50.2 Å². The Kier molecular flexibility index (Phi) is 20.3. The van der Waals surface area contributed by atoms with Crippen LogP contribution in [0.15, 0.2) is 60.7 Å².